The van der Waals surface area contributed by atoms with E-state index < -0.39 is 46.6 Å². The summed E-state index contributed by atoms with van der Waals surface area (Å²) in [5, 5.41) is 4.17. The molecule has 2 aromatic carbocycles. The maximum Gasteiger partial charge on any atom is 0.338 e. The van der Waals surface area contributed by atoms with Crippen molar-refractivity contribution in [3.8, 4) is 0 Å². The third-order valence-corrected chi connectivity index (χ3v) is 10.5. The molecule has 2 aliphatic rings. The summed E-state index contributed by atoms with van der Waals surface area (Å²) in [6.07, 6.45) is 0. The molecule has 0 unspecified atom stereocenters. The van der Waals surface area contributed by atoms with E-state index in [1.54, 1.807) is 6.92 Å². The quantitative estimate of drug-likeness (QED) is 0.234. The molecule has 4 heterocycles. The van der Waals surface area contributed by atoms with Crippen LogP contribution in [-0.2, 0) is 25.7 Å². The fourth-order valence-electron chi connectivity index (χ4n) is 5.12. The number of thioether (sulfide) groups is 1. The van der Waals surface area contributed by atoms with Crippen LogP contribution < -0.4 is 15.1 Å². The van der Waals surface area contributed by atoms with Gasteiger partial charge in [-0.1, -0.05) is 29.2 Å². The van der Waals surface area contributed by atoms with Crippen molar-refractivity contribution < 1.29 is 28.3 Å². The number of hydrogen-bond donors (Lipinski definition) is 1. The Morgan fingerprint density at radius 2 is 1.74 bits per heavy atom. The molecular formula is C29H22FN3O6S3. The van der Waals surface area contributed by atoms with Crippen LogP contribution in [0.2, 0.25) is 0 Å². The number of aromatic nitrogens is 1. The van der Waals surface area contributed by atoms with Crippen molar-refractivity contribution >= 4 is 69.5 Å². The highest BCUT2D eigenvalue weighted by molar-refractivity contribution is 8.00. The molecule has 2 aromatic heterocycles. The lowest BCUT2D eigenvalue weighted by molar-refractivity contribution is -0.122. The SMILES string of the molecule is CCOC(=O)c1ccc(N2C(=O)[C@@H]3[C@H](c4cccs4)c4sc(=O)n(CC(=O)Nc5ccc(F)cc5)c4S[C@@H]3C2=O)cc1. The van der Waals surface area contributed by atoms with Gasteiger partial charge in [0.05, 0.1) is 28.8 Å². The first kappa shape index (κ1) is 28.1. The van der Waals surface area contributed by atoms with E-state index in [0.717, 1.165) is 32.9 Å². The Morgan fingerprint density at radius 1 is 1.00 bits per heavy atom. The number of imide groups is 1. The molecule has 3 atom stereocenters. The Balaban J connectivity index is 1.34. The molecule has 42 heavy (non-hydrogen) atoms. The van der Waals surface area contributed by atoms with Crippen LogP contribution in [-0.4, -0.2) is 40.1 Å². The maximum atomic E-state index is 13.9. The number of ether oxygens (including phenoxy) is 1. The summed E-state index contributed by atoms with van der Waals surface area (Å²) in [7, 11) is 0. The highest BCUT2D eigenvalue weighted by Gasteiger charge is 2.57. The maximum absolute atomic E-state index is 13.9. The molecule has 1 N–H and O–H groups in total. The molecule has 0 bridgehead atoms. The topological polar surface area (TPSA) is 115 Å². The molecular weight excluding hydrogens is 602 g/mol. The predicted molar refractivity (Wildman–Crippen MR) is 158 cm³/mol. The zero-order valence-electron chi connectivity index (χ0n) is 21.9. The van der Waals surface area contributed by atoms with E-state index in [4.69, 9.17) is 4.74 Å². The number of nitrogens with zero attached hydrogens (tertiary/aromatic N) is 2. The van der Waals surface area contributed by atoms with Crippen molar-refractivity contribution in [1.82, 2.24) is 4.57 Å². The Hall–Kier alpha value is -4.07. The molecule has 2 aliphatic heterocycles. The molecule has 0 spiro atoms. The monoisotopic (exact) mass is 623 g/mol. The average Bonchev–Trinajstić information content (AvgIpc) is 3.67. The largest absolute Gasteiger partial charge is 0.462 e. The van der Waals surface area contributed by atoms with Crippen LogP contribution in [0.25, 0.3) is 0 Å². The minimum Gasteiger partial charge on any atom is -0.462 e. The molecule has 4 aromatic rings. The summed E-state index contributed by atoms with van der Waals surface area (Å²) < 4.78 is 19.6. The number of carbonyl (C=O) groups is 4. The number of amides is 3. The van der Waals surface area contributed by atoms with E-state index in [0.29, 0.717) is 26.8 Å². The molecule has 0 aliphatic carbocycles. The molecule has 0 radical (unpaired) electrons. The van der Waals surface area contributed by atoms with Gasteiger partial charge in [0.25, 0.3) is 0 Å². The van der Waals surface area contributed by atoms with Gasteiger partial charge in [0.2, 0.25) is 17.7 Å². The highest BCUT2D eigenvalue weighted by Crippen LogP contribution is 2.54. The molecule has 9 nitrogen and oxygen atoms in total. The zero-order chi connectivity index (χ0) is 29.5. The van der Waals surface area contributed by atoms with E-state index in [2.05, 4.69) is 5.32 Å². The zero-order valence-corrected chi connectivity index (χ0v) is 24.4. The number of rotatable bonds is 7. The van der Waals surface area contributed by atoms with Crippen LogP contribution in [0.15, 0.2) is 75.9 Å². The van der Waals surface area contributed by atoms with E-state index in [1.807, 2.05) is 17.5 Å². The van der Waals surface area contributed by atoms with Crippen LogP contribution in [0.1, 0.15) is 33.0 Å². The normalized spacial score (nSPS) is 19.4. The number of fused-ring (bicyclic) bond motifs is 2. The van der Waals surface area contributed by atoms with Crippen LogP contribution in [0.3, 0.4) is 0 Å². The number of hydrogen-bond acceptors (Lipinski definition) is 9. The average molecular weight is 624 g/mol. The number of thiophene rings is 1. The van der Waals surface area contributed by atoms with Gasteiger partial charge in [0.15, 0.2) is 0 Å². The lowest BCUT2D eigenvalue weighted by Gasteiger charge is -2.29. The van der Waals surface area contributed by atoms with Crippen LogP contribution in [0.5, 0.6) is 0 Å². The van der Waals surface area contributed by atoms with E-state index in [-0.39, 0.29) is 18.0 Å². The van der Waals surface area contributed by atoms with Crippen molar-refractivity contribution in [1.29, 1.82) is 0 Å². The Kier molecular flexibility index (Phi) is 7.56. The third-order valence-electron chi connectivity index (χ3n) is 6.97. The molecule has 3 amide bonds. The van der Waals surface area contributed by atoms with Crippen molar-refractivity contribution in [2.75, 3.05) is 16.8 Å². The summed E-state index contributed by atoms with van der Waals surface area (Å²) in [4.78, 5) is 68.1. The van der Waals surface area contributed by atoms with Crippen molar-refractivity contribution in [3.63, 3.8) is 0 Å². The Labute approximate surface area is 250 Å². The van der Waals surface area contributed by atoms with Crippen LogP contribution in [0, 0.1) is 11.7 Å². The molecule has 214 valence electrons. The second-order valence-corrected chi connectivity index (χ2v) is 12.6. The number of carbonyl (C=O) groups excluding carboxylic acids is 4. The van der Waals surface area contributed by atoms with Crippen LogP contribution in [0.4, 0.5) is 15.8 Å². The molecule has 6 rings (SSSR count). The van der Waals surface area contributed by atoms with Gasteiger partial charge >= 0.3 is 10.8 Å². The first-order valence-corrected chi connectivity index (χ1v) is 15.5. The number of nitrogens with one attached hydrogen (secondary N) is 1. The summed E-state index contributed by atoms with van der Waals surface area (Å²) in [5.74, 6) is -3.59. The predicted octanol–water partition coefficient (Wildman–Crippen LogP) is 4.72. The van der Waals surface area contributed by atoms with Gasteiger partial charge in [-0.25, -0.2) is 14.1 Å². The van der Waals surface area contributed by atoms with Gasteiger partial charge < -0.3 is 10.1 Å². The minimum absolute atomic E-state index is 0.220. The molecule has 1 fully saturated rings. The standard InChI is InChI=1S/C29H22FN3O6S3/c1-2-39-28(37)15-5-11-18(12-6-15)33-25(35)22-21(19-4-3-13-40-19)24-27(41-23(22)26(33)36)32(29(38)42-24)14-20(34)31-17-9-7-16(30)8-10-17/h3-13,21-23H,2,14H2,1H3,(H,31,34)/t21-,22+,23-/m0/s1. The Bertz CT molecular complexity index is 1750. The van der Waals surface area contributed by atoms with Gasteiger partial charge in [-0.3, -0.25) is 23.7 Å². The lowest BCUT2D eigenvalue weighted by atomic mass is 9.87. The van der Waals surface area contributed by atoms with Crippen molar-refractivity contribution in [2.24, 2.45) is 5.92 Å². The first-order valence-electron chi connectivity index (χ1n) is 12.9. The molecule has 13 heteroatoms. The molecule has 1 saturated heterocycles. The van der Waals surface area contributed by atoms with Gasteiger partial charge in [-0.2, -0.15) is 0 Å². The fourth-order valence-corrected chi connectivity index (χ4v) is 8.84. The number of thiazole rings is 1. The summed E-state index contributed by atoms with van der Waals surface area (Å²) in [6, 6.07) is 15.1. The van der Waals surface area contributed by atoms with E-state index in [9.17, 15) is 28.4 Å². The number of esters is 1. The second-order valence-electron chi connectivity index (χ2n) is 9.52. The molecule has 0 saturated carbocycles. The number of benzene rings is 2. The summed E-state index contributed by atoms with van der Waals surface area (Å²) in [5.41, 5.74) is 1.01. The second kappa shape index (κ2) is 11.3. The first-order chi connectivity index (χ1) is 20.3. The van der Waals surface area contributed by atoms with Gasteiger partial charge in [-0.05, 0) is 66.9 Å². The van der Waals surface area contributed by atoms with Gasteiger partial charge in [0.1, 0.15) is 17.6 Å². The van der Waals surface area contributed by atoms with Crippen LogP contribution >= 0.6 is 34.4 Å². The van der Waals surface area contributed by atoms with Crippen molar-refractivity contribution in [3.05, 3.63) is 96.8 Å². The minimum atomic E-state index is -0.831. The van der Waals surface area contributed by atoms with E-state index in [1.165, 1.54) is 64.4 Å². The number of halogens is 1. The van der Waals surface area contributed by atoms with Crippen molar-refractivity contribution in [2.45, 2.75) is 29.7 Å². The Morgan fingerprint density at radius 3 is 2.40 bits per heavy atom. The van der Waals surface area contributed by atoms with Gasteiger partial charge in [-0.15, -0.1) is 11.3 Å². The summed E-state index contributed by atoms with van der Waals surface area (Å²) >= 11 is 3.50. The highest BCUT2D eigenvalue weighted by atomic mass is 32.2. The lowest BCUT2D eigenvalue weighted by Crippen LogP contribution is -2.32. The third kappa shape index (κ3) is 4.97. The number of anilines is 2. The fraction of sp³-hybridized carbons (Fsp3) is 0.207. The van der Waals surface area contributed by atoms with Gasteiger partial charge in [0, 0.05) is 21.4 Å². The summed E-state index contributed by atoms with van der Waals surface area (Å²) in [6.45, 7) is 1.61. The smallest absolute Gasteiger partial charge is 0.338 e. The van der Waals surface area contributed by atoms with E-state index >= 15 is 0 Å².